The van der Waals surface area contributed by atoms with E-state index >= 15 is 0 Å². The first-order valence-corrected chi connectivity index (χ1v) is 9.42. The van der Waals surface area contributed by atoms with E-state index in [-0.39, 0.29) is 5.56 Å². The highest BCUT2D eigenvalue weighted by molar-refractivity contribution is 7.98. The number of nitrogens with one attached hydrogen (secondary N) is 1. The van der Waals surface area contributed by atoms with E-state index in [0.717, 1.165) is 17.1 Å². The topological polar surface area (TPSA) is 67.9 Å². The summed E-state index contributed by atoms with van der Waals surface area (Å²) in [6.07, 6.45) is 0. The van der Waals surface area contributed by atoms with Crippen molar-refractivity contribution in [2.24, 2.45) is 0 Å². The molecule has 2 aromatic carbocycles. The van der Waals surface area contributed by atoms with E-state index in [2.05, 4.69) is 15.0 Å². The highest BCUT2D eigenvalue weighted by Gasteiger charge is 2.07. The summed E-state index contributed by atoms with van der Waals surface area (Å²) in [6, 6.07) is 17.5. The Morgan fingerprint density at radius 3 is 2.80 bits per heavy atom. The highest BCUT2D eigenvalue weighted by atomic mass is 32.2. The molecule has 0 amide bonds. The van der Waals surface area contributed by atoms with Gasteiger partial charge in [-0.3, -0.25) is 4.79 Å². The average Bonchev–Trinajstić information content (AvgIpc) is 3.10. The van der Waals surface area contributed by atoms with Crippen LogP contribution in [0.15, 0.2) is 70.1 Å². The maximum absolute atomic E-state index is 12.0. The predicted molar refractivity (Wildman–Crippen MR) is 101 cm³/mol. The highest BCUT2D eigenvalue weighted by Crippen LogP contribution is 2.25. The second-order valence-electron chi connectivity index (χ2n) is 5.23. The van der Waals surface area contributed by atoms with Crippen LogP contribution in [0.5, 0.6) is 11.5 Å². The molecular formula is C18H13N3O2S2. The molecule has 0 bridgehead atoms. The van der Waals surface area contributed by atoms with Crippen molar-refractivity contribution < 1.29 is 4.74 Å². The number of ether oxygens (including phenoxy) is 1. The van der Waals surface area contributed by atoms with E-state index in [4.69, 9.17) is 4.74 Å². The van der Waals surface area contributed by atoms with E-state index in [9.17, 15) is 4.79 Å². The maximum Gasteiger partial charge on any atom is 0.271 e. The molecule has 0 saturated heterocycles. The first kappa shape index (κ1) is 15.9. The van der Waals surface area contributed by atoms with Crippen LogP contribution in [0.3, 0.4) is 0 Å². The van der Waals surface area contributed by atoms with Crippen molar-refractivity contribution in [1.29, 1.82) is 0 Å². The lowest BCUT2D eigenvalue weighted by atomic mass is 10.2. The number of thiazole rings is 1. The van der Waals surface area contributed by atoms with Gasteiger partial charge in [0, 0.05) is 5.75 Å². The third-order valence-electron chi connectivity index (χ3n) is 3.44. The van der Waals surface area contributed by atoms with Crippen LogP contribution in [0.1, 0.15) is 5.56 Å². The molecule has 4 aromatic rings. The lowest BCUT2D eigenvalue weighted by Crippen LogP contribution is -2.07. The fraction of sp³-hybridized carbons (Fsp3) is 0.0556. The summed E-state index contributed by atoms with van der Waals surface area (Å²) in [5.74, 6) is 2.25. The quantitative estimate of drug-likeness (QED) is 0.416. The molecule has 0 fully saturated rings. The average molecular weight is 367 g/mol. The predicted octanol–water partition coefficient (Wildman–Crippen LogP) is 4.46. The summed E-state index contributed by atoms with van der Waals surface area (Å²) >= 11 is 2.76. The molecule has 7 heteroatoms. The van der Waals surface area contributed by atoms with Crippen LogP contribution in [-0.4, -0.2) is 15.0 Å². The first-order chi connectivity index (χ1) is 12.3. The third-order valence-corrected chi connectivity index (χ3v) is 5.19. The van der Waals surface area contributed by atoms with Gasteiger partial charge >= 0.3 is 0 Å². The monoisotopic (exact) mass is 367 g/mol. The van der Waals surface area contributed by atoms with E-state index in [1.165, 1.54) is 23.1 Å². The van der Waals surface area contributed by atoms with Gasteiger partial charge in [-0.2, -0.15) is 0 Å². The van der Waals surface area contributed by atoms with Crippen LogP contribution < -0.4 is 10.3 Å². The second kappa shape index (κ2) is 7.08. The summed E-state index contributed by atoms with van der Waals surface area (Å²) in [6.45, 7) is 0. The lowest BCUT2D eigenvalue weighted by Gasteiger charge is -2.07. The van der Waals surface area contributed by atoms with E-state index in [1.807, 2.05) is 54.6 Å². The molecule has 2 aromatic heterocycles. The fourth-order valence-corrected chi connectivity index (χ4v) is 3.72. The summed E-state index contributed by atoms with van der Waals surface area (Å²) < 4.78 is 6.40. The molecule has 124 valence electrons. The smallest absolute Gasteiger partial charge is 0.271 e. The molecule has 1 N–H and O–H groups in total. The number of H-pyrrole nitrogens is 1. The molecule has 25 heavy (non-hydrogen) atoms. The zero-order valence-electron chi connectivity index (χ0n) is 13.0. The van der Waals surface area contributed by atoms with E-state index in [0.29, 0.717) is 21.3 Å². The van der Waals surface area contributed by atoms with Gasteiger partial charge in [0.2, 0.25) is 0 Å². The molecule has 2 heterocycles. The normalized spacial score (nSPS) is 10.9. The van der Waals surface area contributed by atoms with E-state index < -0.39 is 0 Å². The largest absolute Gasteiger partial charge is 0.457 e. The summed E-state index contributed by atoms with van der Waals surface area (Å²) in [5, 5.41) is 0.567. The Morgan fingerprint density at radius 2 is 1.92 bits per heavy atom. The van der Waals surface area contributed by atoms with Crippen molar-refractivity contribution in [2.45, 2.75) is 10.9 Å². The molecule has 0 radical (unpaired) electrons. The summed E-state index contributed by atoms with van der Waals surface area (Å²) in [7, 11) is 0. The molecular weight excluding hydrogens is 354 g/mol. The Bertz CT molecular complexity index is 1060. The van der Waals surface area contributed by atoms with Crippen LogP contribution in [0.2, 0.25) is 0 Å². The van der Waals surface area contributed by atoms with Gasteiger partial charge in [-0.1, -0.05) is 42.1 Å². The van der Waals surface area contributed by atoms with Crippen LogP contribution in [0, 0.1) is 0 Å². The zero-order valence-corrected chi connectivity index (χ0v) is 14.6. The maximum atomic E-state index is 12.0. The standard InChI is InChI=1S/C18H13N3O2S2/c22-17-15-16(19-11-25-15)20-18(21-17)24-10-12-5-4-8-14(9-12)23-13-6-2-1-3-7-13/h1-9,11H,10H2,(H,20,21,22). The molecule has 0 aliphatic heterocycles. The number of rotatable bonds is 5. The number of hydrogen-bond donors (Lipinski definition) is 1. The molecule has 0 atom stereocenters. The molecule has 0 spiro atoms. The molecule has 0 saturated carbocycles. The van der Waals surface area contributed by atoms with Crippen molar-refractivity contribution in [1.82, 2.24) is 15.0 Å². The first-order valence-electron chi connectivity index (χ1n) is 7.56. The lowest BCUT2D eigenvalue weighted by molar-refractivity contribution is 0.482. The Morgan fingerprint density at radius 1 is 1.08 bits per heavy atom. The second-order valence-corrected chi connectivity index (χ2v) is 7.05. The van der Waals surface area contributed by atoms with Crippen LogP contribution in [0.4, 0.5) is 0 Å². The zero-order chi connectivity index (χ0) is 17.1. The van der Waals surface area contributed by atoms with Gasteiger partial charge in [0.1, 0.15) is 16.2 Å². The molecule has 0 unspecified atom stereocenters. The molecule has 4 rings (SSSR count). The number of thioether (sulfide) groups is 1. The van der Waals surface area contributed by atoms with Crippen molar-refractivity contribution in [2.75, 3.05) is 0 Å². The van der Waals surface area contributed by atoms with Crippen molar-refractivity contribution in [3.05, 3.63) is 76.0 Å². The fourth-order valence-electron chi connectivity index (χ4n) is 2.30. The van der Waals surface area contributed by atoms with Crippen LogP contribution >= 0.6 is 23.1 Å². The number of aromatic nitrogens is 3. The minimum Gasteiger partial charge on any atom is -0.457 e. The van der Waals surface area contributed by atoms with Crippen LogP contribution in [0.25, 0.3) is 10.3 Å². The van der Waals surface area contributed by atoms with E-state index in [1.54, 1.807) is 5.51 Å². The van der Waals surface area contributed by atoms with Gasteiger partial charge in [0.25, 0.3) is 5.56 Å². The Labute approximate surface area is 151 Å². The number of benzene rings is 2. The third kappa shape index (κ3) is 3.72. The Hall–Kier alpha value is -2.64. The Kier molecular flexibility index (Phi) is 4.49. The number of aromatic amines is 1. The van der Waals surface area contributed by atoms with Gasteiger partial charge in [-0.25, -0.2) is 9.97 Å². The minimum absolute atomic E-state index is 0.142. The number of nitrogens with zero attached hydrogens (tertiary/aromatic N) is 2. The van der Waals surface area contributed by atoms with Gasteiger partial charge in [0.05, 0.1) is 5.51 Å². The number of fused-ring (bicyclic) bond motifs is 1. The molecule has 5 nitrogen and oxygen atoms in total. The van der Waals surface area contributed by atoms with Crippen LogP contribution in [-0.2, 0) is 5.75 Å². The van der Waals surface area contributed by atoms with Gasteiger partial charge in [0.15, 0.2) is 10.8 Å². The van der Waals surface area contributed by atoms with Gasteiger partial charge in [-0.05, 0) is 29.8 Å². The van der Waals surface area contributed by atoms with Crippen molar-refractivity contribution >= 4 is 33.4 Å². The molecule has 0 aliphatic carbocycles. The minimum atomic E-state index is -0.142. The molecule has 0 aliphatic rings. The van der Waals surface area contributed by atoms with Gasteiger partial charge in [-0.15, -0.1) is 11.3 Å². The van der Waals surface area contributed by atoms with Crippen molar-refractivity contribution in [3.8, 4) is 11.5 Å². The SMILES string of the molecule is O=c1[nH]c(SCc2cccc(Oc3ccccc3)c2)nc2ncsc12. The van der Waals surface area contributed by atoms with Crippen molar-refractivity contribution in [3.63, 3.8) is 0 Å². The number of hydrogen-bond acceptors (Lipinski definition) is 6. The summed E-state index contributed by atoms with van der Waals surface area (Å²) in [4.78, 5) is 23.3. The Balaban J connectivity index is 1.49. The van der Waals surface area contributed by atoms with Gasteiger partial charge < -0.3 is 9.72 Å². The number of para-hydroxylation sites is 1. The summed E-state index contributed by atoms with van der Waals surface area (Å²) in [5.41, 5.74) is 3.07.